The molecule has 5 atom stereocenters. The molecule has 2 bridgehead atoms. The van der Waals surface area contributed by atoms with Crippen molar-refractivity contribution in [3.05, 3.63) is 22.2 Å². The van der Waals surface area contributed by atoms with E-state index in [1.165, 1.54) is 6.07 Å². The van der Waals surface area contributed by atoms with E-state index in [1.807, 2.05) is 4.90 Å². The van der Waals surface area contributed by atoms with Gasteiger partial charge in [-0.15, -0.1) is 0 Å². The van der Waals surface area contributed by atoms with Gasteiger partial charge in [0.05, 0.1) is 22.0 Å². The molecule has 0 amide bonds. The fraction of sp³-hybridized carbons (Fsp3) is 0.625. The van der Waals surface area contributed by atoms with Crippen LogP contribution in [-0.4, -0.2) is 59.4 Å². The van der Waals surface area contributed by atoms with Gasteiger partial charge in [0.15, 0.2) is 5.82 Å². The van der Waals surface area contributed by atoms with Crippen LogP contribution < -0.4 is 9.64 Å². The Morgan fingerprint density at radius 2 is 1.97 bits per heavy atom. The maximum absolute atomic E-state index is 15.1. The summed E-state index contributed by atoms with van der Waals surface area (Å²) in [6.45, 7) is 2.67. The van der Waals surface area contributed by atoms with E-state index in [4.69, 9.17) is 4.74 Å². The van der Waals surface area contributed by atoms with Crippen LogP contribution in [0.4, 0.5) is 19.0 Å². The molecule has 6 nitrogen and oxygen atoms in total. The van der Waals surface area contributed by atoms with Gasteiger partial charge in [0.2, 0.25) is 0 Å². The van der Waals surface area contributed by atoms with Gasteiger partial charge < -0.3 is 9.64 Å². The standard InChI is InChI=1S/C24H25BrF3N5O/c25-19-18(27)6-16-21(20(19)28)30-23(34-12-24-4-1-5-33(24)11-15(26)7-24)31-22(16)32-9-13-2-3-14(10-32)17(13)8-29/h6,13-15,17H,1-5,7,9-12H2/t13-,14+,15-,17-,24+/m1/s1. The SMILES string of the molecule is N#C[C@@H]1[C@@H]2CC[C@H]1CN(c1nc(OC[C@@]34CCCN3C[C@H](F)C4)nc3c(F)c(Br)c(F)cc13)C2. The monoisotopic (exact) mass is 535 g/mol. The highest BCUT2D eigenvalue weighted by Gasteiger charge is 2.49. The molecule has 0 unspecified atom stereocenters. The number of alkyl halides is 1. The van der Waals surface area contributed by atoms with Crippen molar-refractivity contribution in [1.82, 2.24) is 14.9 Å². The van der Waals surface area contributed by atoms with Crippen LogP contribution in [0.1, 0.15) is 32.1 Å². The third-order valence-corrected chi connectivity index (χ3v) is 9.03. The molecule has 34 heavy (non-hydrogen) atoms. The molecule has 0 N–H and O–H groups in total. The normalized spacial score (nSPS) is 32.9. The molecule has 1 aromatic heterocycles. The quantitative estimate of drug-likeness (QED) is 0.532. The van der Waals surface area contributed by atoms with Gasteiger partial charge >= 0.3 is 6.01 Å². The third kappa shape index (κ3) is 3.46. The first-order valence-corrected chi connectivity index (χ1v) is 12.7. The largest absolute Gasteiger partial charge is 0.461 e. The van der Waals surface area contributed by atoms with E-state index in [1.54, 1.807) is 0 Å². The summed E-state index contributed by atoms with van der Waals surface area (Å²) in [7, 11) is 0. The molecule has 3 aliphatic heterocycles. The first kappa shape index (κ1) is 22.4. The Morgan fingerprint density at radius 1 is 1.21 bits per heavy atom. The van der Waals surface area contributed by atoms with E-state index >= 15 is 4.39 Å². The fourth-order valence-corrected chi connectivity index (χ4v) is 7.00. The van der Waals surface area contributed by atoms with E-state index in [-0.39, 0.29) is 51.3 Å². The lowest BCUT2D eigenvalue weighted by Crippen LogP contribution is -2.44. The zero-order valence-corrected chi connectivity index (χ0v) is 20.2. The molecule has 3 saturated heterocycles. The number of anilines is 1. The van der Waals surface area contributed by atoms with Crippen LogP contribution in [0.15, 0.2) is 10.5 Å². The molecular weight excluding hydrogens is 511 g/mol. The molecule has 6 rings (SSSR count). The van der Waals surface area contributed by atoms with Gasteiger partial charge in [-0.25, -0.2) is 13.2 Å². The highest BCUT2D eigenvalue weighted by Crippen LogP contribution is 2.45. The van der Waals surface area contributed by atoms with Crippen LogP contribution in [0, 0.1) is 40.7 Å². The summed E-state index contributed by atoms with van der Waals surface area (Å²) in [6, 6.07) is 3.71. The number of ether oxygens (including phenoxy) is 1. The number of piperidine rings is 1. The van der Waals surface area contributed by atoms with Crippen molar-refractivity contribution in [2.45, 2.75) is 43.8 Å². The number of rotatable bonds is 4. The molecule has 4 fully saturated rings. The van der Waals surface area contributed by atoms with Gasteiger partial charge in [0.25, 0.3) is 0 Å². The molecule has 10 heteroatoms. The van der Waals surface area contributed by atoms with E-state index < -0.39 is 17.8 Å². The van der Waals surface area contributed by atoms with Crippen LogP contribution in [0.25, 0.3) is 10.9 Å². The molecule has 4 aliphatic rings. The van der Waals surface area contributed by atoms with Gasteiger partial charge in [0, 0.05) is 31.4 Å². The van der Waals surface area contributed by atoms with Crippen molar-refractivity contribution in [2.75, 3.05) is 37.7 Å². The number of halogens is 4. The smallest absolute Gasteiger partial charge is 0.319 e. The van der Waals surface area contributed by atoms with Crippen molar-refractivity contribution < 1.29 is 17.9 Å². The third-order valence-electron chi connectivity index (χ3n) is 8.30. The lowest BCUT2D eigenvalue weighted by molar-refractivity contribution is 0.107. The molecule has 180 valence electrons. The van der Waals surface area contributed by atoms with Crippen molar-refractivity contribution >= 4 is 32.7 Å². The van der Waals surface area contributed by atoms with Gasteiger partial charge in [-0.05, 0) is 66.1 Å². The maximum atomic E-state index is 15.1. The first-order valence-electron chi connectivity index (χ1n) is 11.9. The van der Waals surface area contributed by atoms with E-state index in [0.29, 0.717) is 31.9 Å². The highest BCUT2D eigenvalue weighted by atomic mass is 79.9. The van der Waals surface area contributed by atoms with Crippen LogP contribution >= 0.6 is 15.9 Å². The molecule has 1 aliphatic carbocycles. The van der Waals surface area contributed by atoms with Crippen molar-refractivity contribution in [3.8, 4) is 12.1 Å². The minimum Gasteiger partial charge on any atom is -0.461 e. The first-order chi connectivity index (χ1) is 16.4. The Kier molecular flexibility index (Phi) is 5.41. The van der Waals surface area contributed by atoms with Crippen molar-refractivity contribution in [2.24, 2.45) is 17.8 Å². The topological polar surface area (TPSA) is 65.3 Å². The average molecular weight is 536 g/mol. The van der Waals surface area contributed by atoms with Crippen LogP contribution in [0.2, 0.25) is 0 Å². The summed E-state index contributed by atoms with van der Waals surface area (Å²) in [5.74, 6) is -0.689. The average Bonchev–Trinajstić information content (AvgIpc) is 3.42. The van der Waals surface area contributed by atoms with Gasteiger partial charge in [-0.1, -0.05) is 0 Å². The lowest BCUT2D eigenvalue weighted by atomic mass is 9.86. The Hall–Kier alpha value is -2.12. The Labute approximate surface area is 204 Å². The van der Waals surface area contributed by atoms with Crippen LogP contribution in [0.3, 0.4) is 0 Å². The molecule has 4 heterocycles. The second-order valence-electron chi connectivity index (χ2n) is 10.2. The summed E-state index contributed by atoms with van der Waals surface area (Å²) in [6.07, 6.45) is 3.27. The van der Waals surface area contributed by atoms with Gasteiger partial charge in [0.1, 0.15) is 29.9 Å². The van der Waals surface area contributed by atoms with Crippen molar-refractivity contribution in [1.29, 1.82) is 5.26 Å². The number of hydrogen-bond donors (Lipinski definition) is 0. The minimum atomic E-state index is -0.884. The van der Waals surface area contributed by atoms with E-state index in [2.05, 4.69) is 36.9 Å². The number of aromatic nitrogens is 2. The molecule has 1 aromatic carbocycles. The minimum absolute atomic E-state index is 0.00570. The number of nitrogens with zero attached hydrogens (tertiary/aromatic N) is 5. The number of nitriles is 1. The second kappa shape index (κ2) is 8.23. The summed E-state index contributed by atoms with van der Waals surface area (Å²) in [4.78, 5) is 13.1. The molecule has 1 saturated carbocycles. The Balaban J connectivity index is 1.37. The lowest BCUT2D eigenvalue weighted by Gasteiger charge is -2.36. The summed E-state index contributed by atoms with van der Waals surface area (Å²) >= 11 is 2.98. The van der Waals surface area contributed by atoms with Crippen LogP contribution in [0.5, 0.6) is 6.01 Å². The van der Waals surface area contributed by atoms with Gasteiger partial charge in [-0.3, -0.25) is 4.90 Å². The highest BCUT2D eigenvalue weighted by molar-refractivity contribution is 9.10. The number of hydrogen-bond acceptors (Lipinski definition) is 6. The number of fused-ring (bicyclic) bond motifs is 4. The zero-order valence-electron chi connectivity index (χ0n) is 18.6. The summed E-state index contributed by atoms with van der Waals surface area (Å²) < 4.78 is 49.5. The maximum Gasteiger partial charge on any atom is 0.319 e. The van der Waals surface area contributed by atoms with Crippen LogP contribution in [-0.2, 0) is 0 Å². The van der Waals surface area contributed by atoms with E-state index in [0.717, 1.165) is 32.2 Å². The molecule has 0 spiro atoms. The molecule has 0 radical (unpaired) electrons. The van der Waals surface area contributed by atoms with Crippen molar-refractivity contribution in [3.63, 3.8) is 0 Å². The summed E-state index contributed by atoms with van der Waals surface area (Å²) in [5, 5.41) is 9.85. The second-order valence-corrected chi connectivity index (χ2v) is 11.0. The summed E-state index contributed by atoms with van der Waals surface area (Å²) in [5.41, 5.74) is -0.400. The predicted octanol–water partition coefficient (Wildman–Crippen LogP) is 4.61. The van der Waals surface area contributed by atoms with E-state index in [9.17, 15) is 14.0 Å². The fourth-order valence-electron chi connectivity index (χ4n) is 6.70. The Bertz CT molecular complexity index is 1180. The Morgan fingerprint density at radius 3 is 2.71 bits per heavy atom. The predicted molar refractivity (Wildman–Crippen MR) is 123 cm³/mol. The van der Waals surface area contributed by atoms with Gasteiger partial charge in [-0.2, -0.15) is 15.2 Å². The molecular formula is C24H25BrF3N5O. The molecule has 2 aromatic rings. The zero-order chi connectivity index (χ0) is 23.6. The number of benzene rings is 1.